The molecule has 0 spiro atoms. The van der Waals surface area contributed by atoms with Gasteiger partial charge >= 0.3 is 0 Å². The third-order valence-corrected chi connectivity index (χ3v) is 4.39. The summed E-state index contributed by atoms with van der Waals surface area (Å²) in [6, 6.07) is 4.04. The number of aromatic nitrogens is 3. The molecule has 1 aliphatic rings. The molecule has 3 heterocycles. The largest absolute Gasteiger partial charge is 0.481 e. The molecule has 0 radical (unpaired) electrons. The number of aryl methyl sites for hydroxylation is 1. The van der Waals surface area contributed by atoms with E-state index in [-0.39, 0.29) is 0 Å². The van der Waals surface area contributed by atoms with E-state index in [1.54, 1.807) is 7.11 Å². The lowest BCUT2D eigenvalue weighted by Crippen LogP contribution is -2.36. The molecule has 22 heavy (non-hydrogen) atoms. The van der Waals surface area contributed by atoms with Crippen molar-refractivity contribution in [1.82, 2.24) is 19.4 Å². The van der Waals surface area contributed by atoms with Gasteiger partial charge in [-0.05, 0) is 37.8 Å². The molecular weight excluding hydrogens is 276 g/mol. The van der Waals surface area contributed by atoms with Gasteiger partial charge in [0.25, 0.3) is 0 Å². The van der Waals surface area contributed by atoms with Crippen molar-refractivity contribution >= 4 is 0 Å². The van der Waals surface area contributed by atoms with Crippen LogP contribution in [-0.4, -0.2) is 39.6 Å². The second-order valence-corrected chi connectivity index (χ2v) is 6.08. The Labute approximate surface area is 131 Å². The highest BCUT2D eigenvalue weighted by Crippen LogP contribution is 2.21. The van der Waals surface area contributed by atoms with Crippen LogP contribution in [0.5, 0.6) is 5.88 Å². The topological polar surface area (TPSA) is 43.2 Å². The maximum atomic E-state index is 5.11. The van der Waals surface area contributed by atoms with Gasteiger partial charge in [0.2, 0.25) is 5.88 Å². The van der Waals surface area contributed by atoms with Crippen LogP contribution in [0.25, 0.3) is 0 Å². The van der Waals surface area contributed by atoms with E-state index in [0.29, 0.717) is 11.8 Å². The van der Waals surface area contributed by atoms with Crippen molar-refractivity contribution in [3.8, 4) is 5.88 Å². The highest BCUT2D eigenvalue weighted by Gasteiger charge is 2.20. The summed E-state index contributed by atoms with van der Waals surface area (Å²) in [6.07, 6.45) is 8.46. The van der Waals surface area contributed by atoms with Crippen LogP contribution >= 0.6 is 0 Å². The fourth-order valence-electron chi connectivity index (χ4n) is 3.20. The molecule has 0 N–H and O–H groups in total. The van der Waals surface area contributed by atoms with Gasteiger partial charge < -0.3 is 9.30 Å². The third-order valence-electron chi connectivity index (χ3n) is 4.39. The van der Waals surface area contributed by atoms with Crippen LogP contribution in [-0.2, 0) is 13.1 Å². The SMILES string of the molecule is COc1ccc(CN2CCC[C@@H](Cn3ccnc3C)C2)cn1. The number of piperidine rings is 1. The van der Waals surface area contributed by atoms with Crippen LogP contribution < -0.4 is 4.74 Å². The number of ether oxygens (including phenoxy) is 1. The predicted molar refractivity (Wildman–Crippen MR) is 85.8 cm³/mol. The van der Waals surface area contributed by atoms with E-state index in [1.807, 2.05) is 18.5 Å². The quantitative estimate of drug-likeness (QED) is 0.851. The second kappa shape index (κ2) is 6.92. The molecule has 0 bridgehead atoms. The van der Waals surface area contributed by atoms with E-state index in [1.165, 1.54) is 24.9 Å². The summed E-state index contributed by atoms with van der Waals surface area (Å²) >= 11 is 0. The number of rotatable bonds is 5. The van der Waals surface area contributed by atoms with Crippen LogP contribution in [0.3, 0.4) is 0 Å². The van der Waals surface area contributed by atoms with E-state index < -0.39 is 0 Å². The molecule has 2 aromatic rings. The summed E-state index contributed by atoms with van der Waals surface area (Å²) in [7, 11) is 1.65. The Hall–Kier alpha value is -1.88. The van der Waals surface area contributed by atoms with Crippen molar-refractivity contribution in [1.29, 1.82) is 0 Å². The minimum absolute atomic E-state index is 0.677. The smallest absolute Gasteiger partial charge is 0.212 e. The van der Waals surface area contributed by atoms with E-state index in [0.717, 1.165) is 25.5 Å². The molecule has 0 amide bonds. The standard InChI is InChI=1S/C17H24N4O/c1-14-18-7-9-21(14)13-16-4-3-8-20(12-16)11-15-5-6-17(22-2)19-10-15/h5-7,9-10,16H,3-4,8,11-13H2,1-2H3/t16-/m1/s1. The van der Waals surface area contributed by atoms with Gasteiger partial charge in [-0.2, -0.15) is 0 Å². The highest BCUT2D eigenvalue weighted by molar-refractivity contribution is 5.17. The molecule has 0 aromatic carbocycles. The molecule has 1 fully saturated rings. The average Bonchev–Trinajstić information content (AvgIpc) is 2.94. The lowest BCUT2D eigenvalue weighted by molar-refractivity contribution is 0.155. The van der Waals surface area contributed by atoms with Crippen molar-refractivity contribution in [2.45, 2.75) is 32.9 Å². The maximum Gasteiger partial charge on any atom is 0.212 e. The third kappa shape index (κ3) is 3.65. The summed E-state index contributed by atoms with van der Waals surface area (Å²) in [5, 5.41) is 0. The van der Waals surface area contributed by atoms with E-state index in [2.05, 4.69) is 38.6 Å². The van der Waals surface area contributed by atoms with Crippen molar-refractivity contribution in [3.05, 3.63) is 42.1 Å². The van der Waals surface area contributed by atoms with Crippen LogP contribution in [0.15, 0.2) is 30.7 Å². The first-order chi connectivity index (χ1) is 10.7. The molecule has 2 aromatic heterocycles. The molecule has 0 saturated carbocycles. The minimum atomic E-state index is 0.677. The van der Waals surface area contributed by atoms with Crippen molar-refractivity contribution in [2.24, 2.45) is 5.92 Å². The lowest BCUT2D eigenvalue weighted by atomic mass is 9.97. The number of imidazole rings is 1. The second-order valence-electron chi connectivity index (χ2n) is 6.08. The Morgan fingerprint density at radius 1 is 1.32 bits per heavy atom. The zero-order valence-corrected chi connectivity index (χ0v) is 13.4. The number of nitrogens with zero attached hydrogens (tertiary/aromatic N) is 4. The van der Waals surface area contributed by atoms with E-state index >= 15 is 0 Å². The zero-order valence-electron chi connectivity index (χ0n) is 13.4. The molecule has 1 atom stereocenters. The fraction of sp³-hybridized carbons (Fsp3) is 0.529. The van der Waals surface area contributed by atoms with Crippen LogP contribution in [0.4, 0.5) is 0 Å². The molecule has 5 nitrogen and oxygen atoms in total. The van der Waals surface area contributed by atoms with Crippen LogP contribution in [0, 0.1) is 12.8 Å². The average molecular weight is 300 g/mol. The molecule has 1 saturated heterocycles. The summed E-state index contributed by atoms with van der Waals surface area (Å²) < 4.78 is 7.38. The van der Waals surface area contributed by atoms with Crippen molar-refractivity contribution in [2.75, 3.05) is 20.2 Å². The van der Waals surface area contributed by atoms with Gasteiger partial charge in [-0.25, -0.2) is 9.97 Å². The number of hydrogen-bond donors (Lipinski definition) is 0. The number of likely N-dealkylation sites (tertiary alicyclic amines) is 1. The Morgan fingerprint density at radius 3 is 2.91 bits per heavy atom. The van der Waals surface area contributed by atoms with Gasteiger partial charge in [-0.1, -0.05) is 6.07 Å². The molecule has 0 aliphatic carbocycles. The monoisotopic (exact) mass is 300 g/mol. The van der Waals surface area contributed by atoms with Gasteiger partial charge in [0.1, 0.15) is 5.82 Å². The molecule has 118 valence electrons. The first kappa shape index (κ1) is 15.0. The number of methoxy groups -OCH3 is 1. The normalized spacial score (nSPS) is 19.3. The molecular formula is C17H24N4O. The van der Waals surface area contributed by atoms with Crippen LogP contribution in [0.2, 0.25) is 0 Å². The van der Waals surface area contributed by atoms with Crippen molar-refractivity contribution in [3.63, 3.8) is 0 Å². The molecule has 3 rings (SSSR count). The predicted octanol–water partition coefficient (Wildman–Crippen LogP) is 2.51. The maximum absolute atomic E-state index is 5.11. The van der Waals surface area contributed by atoms with Gasteiger partial charge in [0.15, 0.2) is 0 Å². The van der Waals surface area contributed by atoms with E-state index in [4.69, 9.17) is 4.74 Å². The Morgan fingerprint density at radius 2 is 2.23 bits per heavy atom. The first-order valence-corrected chi connectivity index (χ1v) is 7.93. The summed E-state index contributed by atoms with van der Waals surface area (Å²) in [4.78, 5) is 11.1. The van der Waals surface area contributed by atoms with Gasteiger partial charge in [0, 0.05) is 44.3 Å². The Bertz CT molecular complexity index is 593. The van der Waals surface area contributed by atoms with Gasteiger partial charge in [-0.3, -0.25) is 4.90 Å². The summed E-state index contributed by atoms with van der Waals surface area (Å²) in [5.74, 6) is 2.49. The van der Waals surface area contributed by atoms with Gasteiger partial charge in [-0.15, -0.1) is 0 Å². The Balaban J connectivity index is 1.57. The van der Waals surface area contributed by atoms with Gasteiger partial charge in [0.05, 0.1) is 7.11 Å². The fourth-order valence-corrected chi connectivity index (χ4v) is 3.20. The molecule has 5 heteroatoms. The minimum Gasteiger partial charge on any atom is -0.481 e. The van der Waals surface area contributed by atoms with Crippen molar-refractivity contribution < 1.29 is 4.74 Å². The first-order valence-electron chi connectivity index (χ1n) is 7.93. The van der Waals surface area contributed by atoms with E-state index in [9.17, 15) is 0 Å². The molecule has 1 aliphatic heterocycles. The highest BCUT2D eigenvalue weighted by atomic mass is 16.5. The Kier molecular flexibility index (Phi) is 4.73. The number of pyridine rings is 1. The molecule has 0 unspecified atom stereocenters. The summed E-state index contributed by atoms with van der Waals surface area (Å²) in [5.41, 5.74) is 1.25. The lowest BCUT2D eigenvalue weighted by Gasteiger charge is -2.33. The zero-order chi connectivity index (χ0) is 15.4. The summed E-state index contributed by atoms with van der Waals surface area (Å²) in [6.45, 7) is 6.43. The van der Waals surface area contributed by atoms with Crippen LogP contribution in [0.1, 0.15) is 24.2 Å². The number of hydrogen-bond acceptors (Lipinski definition) is 4.